The minimum absolute atomic E-state index is 0.113. The summed E-state index contributed by atoms with van der Waals surface area (Å²) >= 11 is 0. The highest BCUT2D eigenvalue weighted by Gasteiger charge is 2.29. The first-order valence-corrected chi connectivity index (χ1v) is 10.3. The standard InChI is InChI=1S/C23H25N5O/c29-23(19-6-3-7-22(14-19)28-16-24-25-17-28)26-12-9-21(10-13-26)27-11-8-18-4-1-2-5-20(18)15-27/h1-7,14,16-17,21H,8-13,15H2. The summed E-state index contributed by atoms with van der Waals surface area (Å²) in [6.45, 7) is 3.80. The second-order valence-corrected chi connectivity index (χ2v) is 7.93. The fraction of sp³-hybridized carbons (Fsp3) is 0.348. The zero-order chi connectivity index (χ0) is 19.6. The summed E-state index contributed by atoms with van der Waals surface area (Å²) in [5.41, 5.74) is 4.58. The van der Waals surface area contributed by atoms with Gasteiger partial charge in [0.05, 0.1) is 0 Å². The molecule has 0 saturated carbocycles. The summed E-state index contributed by atoms with van der Waals surface area (Å²) in [6, 6.07) is 17.0. The van der Waals surface area contributed by atoms with Crippen molar-refractivity contribution in [2.24, 2.45) is 0 Å². The number of hydrogen-bond acceptors (Lipinski definition) is 4. The van der Waals surface area contributed by atoms with E-state index in [9.17, 15) is 4.79 Å². The van der Waals surface area contributed by atoms with Crippen molar-refractivity contribution in [1.82, 2.24) is 24.6 Å². The summed E-state index contributed by atoms with van der Waals surface area (Å²) < 4.78 is 1.82. The number of carbonyl (C=O) groups is 1. The summed E-state index contributed by atoms with van der Waals surface area (Å²) in [5, 5.41) is 7.69. The molecule has 0 aliphatic carbocycles. The van der Waals surface area contributed by atoms with Crippen LogP contribution < -0.4 is 0 Å². The highest BCUT2D eigenvalue weighted by molar-refractivity contribution is 5.94. The van der Waals surface area contributed by atoms with Crippen LogP contribution in [0.5, 0.6) is 0 Å². The van der Waals surface area contributed by atoms with E-state index in [1.54, 1.807) is 12.7 Å². The minimum atomic E-state index is 0.113. The number of aromatic nitrogens is 3. The molecule has 0 atom stereocenters. The molecule has 6 nitrogen and oxygen atoms in total. The van der Waals surface area contributed by atoms with Crippen LogP contribution in [0.3, 0.4) is 0 Å². The van der Waals surface area contributed by atoms with Crippen LogP contribution in [-0.2, 0) is 13.0 Å². The molecule has 0 N–H and O–H groups in total. The molecule has 2 aliphatic heterocycles. The van der Waals surface area contributed by atoms with E-state index in [-0.39, 0.29) is 5.91 Å². The van der Waals surface area contributed by atoms with E-state index in [1.165, 1.54) is 11.1 Å². The van der Waals surface area contributed by atoms with Gasteiger partial charge in [-0.1, -0.05) is 30.3 Å². The van der Waals surface area contributed by atoms with Crippen LogP contribution in [0.4, 0.5) is 0 Å². The summed E-state index contributed by atoms with van der Waals surface area (Å²) in [6.07, 6.45) is 6.50. The normalized spacial score (nSPS) is 17.9. The fourth-order valence-corrected chi connectivity index (χ4v) is 4.58. The van der Waals surface area contributed by atoms with E-state index < -0.39 is 0 Å². The van der Waals surface area contributed by atoms with E-state index in [1.807, 2.05) is 33.7 Å². The number of benzene rings is 2. The SMILES string of the molecule is O=C(c1cccc(-n2cnnc2)c1)N1CCC(N2CCc3ccccc3C2)CC1. The highest BCUT2D eigenvalue weighted by atomic mass is 16.2. The first kappa shape index (κ1) is 18.1. The van der Waals surface area contributed by atoms with Crippen LogP contribution in [0.25, 0.3) is 5.69 Å². The third-order valence-corrected chi connectivity index (χ3v) is 6.24. The zero-order valence-electron chi connectivity index (χ0n) is 16.4. The first-order valence-electron chi connectivity index (χ1n) is 10.3. The Morgan fingerprint density at radius 1 is 0.897 bits per heavy atom. The Labute approximate surface area is 170 Å². The number of carbonyl (C=O) groups excluding carboxylic acids is 1. The van der Waals surface area contributed by atoms with Gasteiger partial charge >= 0.3 is 0 Å². The molecule has 5 rings (SSSR count). The lowest BCUT2D eigenvalue weighted by atomic mass is 9.95. The van der Waals surface area contributed by atoms with Gasteiger partial charge in [-0.15, -0.1) is 10.2 Å². The maximum Gasteiger partial charge on any atom is 0.253 e. The Kier molecular flexibility index (Phi) is 4.86. The number of nitrogens with zero attached hydrogens (tertiary/aromatic N) is 5. The molecular formula is C23H25N5O. The molecule has 3 aromatic rings. The largest absolute Gasteiger partial charge is 0.339 e. The lowest BCUT2D eigenvalue weighted by molar-refractivity contribution is 0.0599. The maximum atomic E-state index is 13.0. The molecule has 2 aliphatic rings. The number of likely N-dealkylation sites (tertiary alicyclic amines) is 1. The molecule has 148 valence electrons. The predicted molar refractivity (Wildman–Crippen MR) is 111 cm³/mol. The van der Waals surface area contributed by atoms with Crippen molar-refractivity contribution < 1.29 is 4.79 Å². The molecule has 0 bridgehead atoms. The van der Waals surface area contributed by atoms with Gasteiger partial charge in [-0.2, -0.15) is 0 Å². The van der Waals surface area contributed by atoms with Gasteiger partial charge in [0.15, 0.2) is 0 Å². The summed E-state index contributed by atoms with van der Waals surface area (Å²) in [7, 11) is 0. The van der Waals surface area contributed by atoms with E-state index in [2.05, 4.69) is 39.4 Å². The van der Waals surface area contributed by atoms with Crippen molar-refractivity contribution in [2.75, 3.05) is 19.6 Å². The van der Waals surface area contributed by atoms with E-state index in [4.69, 9.17) is 0 Å². The smallest absolute Gasteiger partial charge is 0.253 e. The van der Waals surface area contributed by atoms with Gasteiger partial charge in [-0.25, -0.2) is 0 Å². The lowest BCUT2D eigenvalue weighted by Crippen LogP contribution is -2.48. The number of amides is 1. The molecule has 1 saturated heterocycles. The van der Waals surface area contributed by atoms with Crippen molar-refractivity contribution in [3.63, 3.8) is 0 Å². The second-order valence-electron chi connectivity index (χ2n) is 7.93. The van der Waals surface area contributed by atoms with Crippen LogP contribution >= 0.6 is 0 Å². The quantitative estimate of drug-likeness (QED) is 0.693. The van der Waals surface area contributed by atoms with Crippen molar-refractivity contribution in [3.05, 3.63) is 77.9 Å². The molecule has 1 amide bonds. The maximum absolute atomic E-state index is 13.0. The lowest BCUT2D eigenvalue weighted by Gasteiger charge is -2.40. The third-order valence-electron chi connectivity index (χ3n) is 6.24. The molecule has 0 unspecified atom stereocenters. The van der Waals surface area contributed by atoms with Crippen LogP contribution in [0, 0.1) is 0 Å². The van der Waals surface area contributed by atoms with Gasteiger partial charge in [0.2, 0.25) is 0 Å². The van der Waals surface area contributed by atoms with Gasteiger partial charge in [0.25, 0.3) is 5.91 Å². The molecular weight excluding hydrogens is 362 g/mol. The average molecular weight is 387 g/mol. The molecule has 2 aromatic carbocycles. The molecule has 1 aromatic heterocycles. The van der Waals surface area contributed by atoms with Crippen LogP contribution in [0.1, 0.15) is 34.3 Å². The highest BCUT2D eigenvalue weighted by Crippen LogP contribution is 2.25. The van der Waals surface area contributed by atoms with Crippen LogP contribution in [-0.4, -0.2) is 56.1 Å². The number of hydrogen-bond donors (Lipinski definition) is 0. The summed E-state index contributed by atoms with van der Waals surface area (Å²) in [5.74, 6) is 0.113. The van der Waals surface area contributed by atoms with Crippen LogP contribution in [0.15, 0.2) is 61.2 Å². The monoisotopic (exact) mass is 387 g/mol. The van der Waals surface area contributed by atoms with Crippen molar-refractivity contribution in [2.45, 2.75) is 31.8 Å². The Morgan fingerprint density at radius 3 is 2.45 bits per heavy atom. The Hall–Kier alpha value is -2.99. The fourth-order valence-electron chi connectivity index (χ4n) is 4.58. The minimum Gasteiger partial charge on any atom is -0.339 e. The van der Waals surface area contributed by atoms with Crippen molar-refractivity contribution in [1.29, 1.82) is 0 Å². The Balaban J connectivity index is 1.22. The van der Waals surface area contributed by atoms with Gasteiger partial charge in [-0.05, 0) is 48.6 Å². The molecule has 0 spiro atoms. The van der Waals surface area contributed by atoms with E-state index >= 15 is 0 Å². The topological polar surface area (TPSA) is 54.3 Å². The molecule has 29 heavy (non-hydrogen) atoms. The number of piperidine rings is 1. The molecule has 0 radical (unpaired) electrons. The van der Waals surface area contributed by atoms with E-state index in [0.717, 1.165) is 56.7 Å². The Morgan fingerprint density at radius 2 is 1.66 bits per heavy atom. The first-order chi connectivity index (χ1) is 14.3. The van der Waals surface area contributed by atoms with Crippen molar-refractivity contribution in [3.8, 4) is 5.69 Å². The van der Waals surface area contributed by atoms with Crippen molar-refractivity contribution >= 4 is 5.91 Å². The molecule has 3 heterocycles. The predicted octanol–water partition coefficient (Wildman–Crippen LogP) is 2.93. The molecule has 1 fully saturated rings. The molecule has 6 heteroatoms. The van der Waals surface area contributed by atoms with Gasteiger partial charge in [0.1, 0.15) is 12.7 Å². The number of fused-ring (bicyclic) bond motifs is 1. The van der Waals surface area contributed by atoms with Gasteiger partial charge < -0.3 is 4.90 Å². The second kappa shape index (κ2) is 7.79. The summed E-state index contributed by atoms with van der Waals surface area (Å²) in [4.78, 5) is 17.6. The Bertz CT molecular complexity index is 992. The van der Waals surface area contributed by atoms with E-state index in [0.29, 0.717) is 6.04 Å². The van der Waals surface area contributed by atoms with Crippen LogP contribution in [0.2, 0.25) is 0 Å². The number of rotatable bonds is 3. The average Bonchev–Trinajstić information content (AvgIpc) is 3.34. The van der Waals surface area contributed by atoms with Gasteiger partial charge in [-0.3, -0.25) is 14.3 Å². The van der Waals surface area contributed by atoms with Gasteiger partial charge in [0, 0.05) is 43.5 Å². The zero-order valence-corrected chi connectivity index (χ0v) is 16.4. The third kappa shape index (κ3) is 3.68.